The first kappa shape index (κ1) is 22.4. The Morgan fingerprint density at radius 1 is 1.03 bits per heavy atom. The number of nitrogens with zero attached hydrogens (tertiary/aromatic N) is 2. The summed E-state index contributed by atoms with van der Waals surface area (Å²) in [6.07, 6.45) is -4.65. The number of anilines is 1. The van der Waals surface area contributed by atoms with Gasteiger partial charge in [0.05, 0.1) is 21.0 Å². The minimum absolute atomic E-state index is 0.123. The molecule has 1 aromatic heterocycles. The quantitative estimate of drug-likeness (QED) is 0.336. The van der Waals surface area contributed by atoms with Crippen LogP contribution < -0.4 is 5.32 Å². The number of nitrogens with one attached hydrogen (secondary N) is 1. The molecule has 156 valence electrons. The third kappa shape index (κ3) is 5.65. The van der Waals surface area contributed by atoms with Crippen LogP contribution in [0.2, 0.25) is 10.0 Å². The van der Waals surface area contributed by atoms with E-state index in [0.29, 0.717) is 16.3 Å². The smallest absolute Gasteiger partial charge is 0.325 e. The molecule has 0 aliphatic heterocycles. The number of carbonyl (C=O) groups is 1. The summed E-state index contributed by atoms with van der Waals surface area (Å²) in [5, 5.41) is 2.32. The molecule has 30 heavy (non-hydrogen) atoms. The van der Waals surface area contributed by atoms with Crippen LogP contribution in [0.4, 0.5) is 18.9 Å². The van der Waals surface area contributed by atoms with Crippen molar-refractivity contribution in [2.24, 2.45) is 0 Å². The van der Waals surface area contributed by atoms with Crippen molar-refractivity contribution in [3.63, 3.8) is 0 Å². The third-order valence-corrected chi connectivity index (χ3v) is 5.60. The highest BCUT2D eigenvalue weighted by molar-refractivity contribution is 8.00. The van der Waals surface area contributed by atoms with Crippen molar-refractivity contribution >= 4 is 46.6 Å². The van der Waals surface area contributed by atoms with E-state index in [2.05, 4.69) is 15.3 Å². The van der Waals surface area contributed by atoms with Crippen LogP contribution >= 0.6 is 35.0 Å². The Balaban J connectivity index is 1.83. The lowest BCUT2D eigenvalue weighted by molar-refractivity contribution is -0.141. The fourth-order valence-electron chi connectivity index (χ4n) is 2.41. The van der Waals surface area contributed by atoms with Crippen LogP contribution in [0.25, 0.3) is 11.3 Å². The largest absolute Gasteiger partial charge is 0.433 e. The number of alkyl halides is 3. The molecule has 0 aliphatic carbocycles. The minimum Gasteiger partial charge on any atom is -0.325 e. The Bertz CT molecular complexity index is 1060. The Hall–Kier alpha value is -2.29. The van der Waals surface area contributed by atoms with Gasteiger partial charge in [0, 0.05) is 11.3 Å². The van der Waals surface area contributed by atoms with Gasteiger partial charge in [-0.1, -0.05) is 65.3 Å². The molecule has 3 rings (SSSR count). The molecule has 0 radical (unpaired) electrons. The molecule has 0 unspecified atom stereocenters. The van der Waals surface area contributed by atoms with Crippen LogP contribution in [-0.2, 0) is 11.0 Å². The van der Waals surface area contributed by atoms with Gasteiger partial charge in [-0.3, -0.25) is 4.79 Å². The Morgan fingerprint density at radius 3 is 2.37 bits per heavy atom. The zero-order valence-corrected chi connectivity index (χ0v) is 17.7. The molecular formula is C20H14Cl2F3N3OS. The first-order chi connectivity index (χ1) is 14.1. The number of amides is 1. The molecule has 10 heteroatoms. The molecule has 0 saturated carbocycles. The van der Waals surface area contributed by atoms with E-state index in [1.54, 1.807) is 43.3 Å². The maximum Gasteiger partial charge on any atom is 0.433 e. The normalized spacial score (nSPS) is 12.5. The number of thioether (sulfide) groups is 1. The van der Waals surface area contributed by atoms with Crippen LogP contribution in [0.5, 0.6) is 0 Å². The topological polar surface area (TPSA) is 54.9 Å². The zero-order chi connectivity index (χ0) is 21.9. The van der Waals surface area contributed by atoms with Gasteiger partial charge in [0.25, 0.3) is 0 Å². The third-order valence-electron chi connectivity index (χ3n) is 3.90. The maximum absolute atomic E-state index is 13.3. The van der Waals surface area contributed by atoms with Crippen LogP contribution in [-0.4, -0.2) is 21.1 Å². The number of halogens is 5. The van der Waals surface area contributed by atoms with E-state index in [9.17, 15) is 18.0 Å². The van der Waals surface area contributed by atoms with Gasteiger partial charge in [0.15, 0.2) is 5.16 Å². The number of carbonyl (C=O) groups excluding carboxylic acids is 1. The van der Waals surface area contributed by atoms with E-state index in [1.165, 1.54) is 12.1 Å². The molecule has 1 amide bonds. The SMILES string of the molecule is C[C@H](Sc1nc(-c2ccccc2)cc(C(F)(F)F)n1)C(=O)Nc1ccc(Cl)c(Cl)c1. The molecule has 0 spiro atoms. The predicted octanol–water partition coefficient (Wildman–Crippen LogP) is 6.59. The fraction of sp³-hybridized carbons (Fsp3) is 0.150. The zero-order valence-electron chi connectivity index (χ0n) is 15.4. The van der Waals surface area contributed by atoms with Gasteiger partial charge < -0.3 is 5.32 Å². The lowest BCUT2D eigenvalue weighted by Crippen LogP contribution is -2.23. The highest BCUT2D eigenvalue weighted by Crippen LogP contribution is 2.33. The lowest BCUT2D eigenvalue weighted by Gasteiger charge is -2.14. The summed E-state index contributed by atoms with van der Waals surface area (Å²) >= 11 is 12.6. The van der Waals surface area contributed by atoms with E-state index in [0.717, 1.165) is 17.8 Å². The van der Waals surface area contributed by atoms with Gasteiger partial charge in [-0.05, 0) is 31.2 Å². The first-order valence-corrected chi connectivity index (χ1v) is 10.2. The fourth-order valence-corrected chi connectivity index (χ4v) is 3.49. The van der Waals surface area contributed by atoms with Crippen molar-refractivity contribution in [1.29, 1.82) is 0 Å². The standard InChI is InChI=1S/C20H14Cl2F3N3OS/c1-11(18(29)26-13-7-8-14(21)15(22)9-13)30-19-27-16(12-5-3-2-4-6-12)10-17(28-19)20(23,24)25/h2-11H,1H3,(H,26,29)/t11-/m0/s1. The lowest BCUT2D eigenvalue weighted by atomic mass is 10.1. The number of benzene rings is 2. The Morgan fingerprint density at radius 2 is 1.73 bits per heavy atom. The van der Waals surface area contributed by atoms with Crippen LogP contribution in [0.1, 0.15) is 12.6 Å². The number of hydrogen-bond acceptors (Lipinski definition) is 4. The number of rotatable bonds is 5. The summed E-state index contributed by atoms with van der Waals surface area (Å²) in [5.41, 5.74) is -0.0228. The second kappa shape index (κ2) is 9.24. The van der Waals surface area contributed by atoms with Crippen molar-refractivity contribution in [3.05, 3.63) is 70.3 Å². The van der Waals surface area contributed by atoms with Gasteiger partial charge in [0.2, 0.25) is 5.91 Å². The highest BCUT2D eigenvalue weighted by atomic mass is 35.5. The average molecular weight is 472 g/mol. The molecule has 0 bridgehead atoms. The molecule has 3 aromatic rings. The molecular weight excluding hydrogens is 458 g/mol. The molecule has 1 atom stereocenters. The molecule has 1 N–H and O–H groups in total. The van der Waals surface area contributed by atoms with Gasteiger partial charge in [-0.15, -0.1) is 0 Å². The van der Waals surface area contributed by atoms with Crippen LogP contribution in [0, 0.1) is 0 Å². The molecule has 0 aliphatic rings. The number of hydrogen-bond donors (Lipinski definition) is 1. The first-order valence-electron chi connectivity index (χ1n) is 8.58. The summed E-state index contributed by atoms with van der Waals surface area (Å²) in [5.74, 6) is -0.444. The van der Waals surface area contributed by atoms with Crippen molar-refractivity contribution in [1.82, 2.24) is 9.97 Å². The van der Waals surface area contributed by atoms with E-state index in [1.807, 2.05) is 0 Å². The Labute approximate surface area is 184 Å². The summed E-state index contributed by atoms with van der Waals surface area (Å²) < 4.78 is 39.9. The van der Waals surface area contributed by atoms with Crippen LogP contribution in [0.15, 0.2) is 59.8 Å². The van der Waals surface area contributed by atoms with Gasteiger partial charge >= 0.3 is 6.18 Å². The van der Waals surface area contributed by atoms with Gasteiger partial charge in [0.1, 0.15) is 5.69 Å². The van der Waals surface area contributed by atoms with Crippen molar-refractivity contribution in [2.75, 3.05) is 5.32 Å². The molecule has 1 heterocycles. The van der Waals surface area contributed by atoms with E-state index < -0.39 is 23.0 Å². The maximum atomic E-state index is 13.3. The number of aromatic nitrogens is 2. The highest BCUT2D eigenvalue weighted by Gasteiger charge is 2.34. The van der Waals surface area contributed by atoms with Crippen molar-refractivity contribution < 1.29 is 18.0 Å². The average Bonchev–Trinajstić information content (AvgIpc) is 2.70. The predicted molar refractivity (Wildman–Crippen MR) is 113 cm³/mol. The molecule has 0 fully saturated rings. The van der Waals surface area contributed by atoms with Gasteiger partial charge in [-0.2, -0.15) is 13.2 Å². The van der Waals surface area contributed by atoms with E-state index in [4.69, 9.17) is 23.2 Å². The summed E-state index contributed by atoms with van der Waals surface area (Å²) in [6, 6.07) is 13.9. The van der Waals surface area contributed by atoms with Crippen LogP contribution in [0.3, 0.4) is 0 Å². The Kier molecular flexibility index (Phi) is 6.90. The van der Waals surface area contributed by atoms with Crippen molar-refractivity contribution in [3.8, 4) is 11.3 Å². The molecule has 4 nitrogen and oxygen atoms in total. The summed E-state index contributed by atoms with van der Waals surface area (Å²) in [7, 11) is 0. The van der Waals surface area contributed by atoms with Gasteiger partial charge in [-0.25, -0.2) is 9.97 Å². The second-order valence-corrected chi connectivity index (χ2v) is 8.29. The second-order valence-electron chi connectivity index (χ2n) is 6.16. The summed E-state index contributed by atoms with van der Waals surface area (Å²) in [4.78, 5) is 20.3. The molecule has 0 saturated heterocycles. The monoisotopic (exact) mass is 471 g/mol. The van der Waals surface area contributed by atoms with Crippen molar-refractivity contribution in [2.45, 2.75) is 23.5 Å². The summed E-state index contributed by atoms with van der Waals surface area (Å²) in [6.45, 7) is 1.54. The van der Waals surface area contributed by atoms with E-state index in [-0.39, 0.29) is 15.9 Å². The minimum atomic E-state index is -4.65. The van der Waals surface area contributed by atoms with E-state index >= 15 is 0 Å². The molecule has 2 aromatic carbocycles.